The lowest BCUT2D eigenvalue weighted by atomic mass is 9.87. The van der Waals surface area contributed by atoms with Crippen LogP contribution in [0.2, 0.25) is 0 Å². The second-order valence-corrected chi connectivity index (χ2v) is 6.02. The van der Waals surface area contributed by atoms with Gasteiger partial charge < -0.3 is 10.2 Å². The van der Waals surface area contributed by atoms with Crippen LogP contribution in [-0.4, -0.2) is 34.3 Å². The van der Waals surface area contributed by atoms with E-state index in [2.05, 4.69) is 12.2 Å². The molecule has 19 heavy (non-hydrogen) atoms. The number of carbonyl (C=O) groups excluding carboxylic acids is 2. The third kappa shape index (κ3) is 2.26. The van der Waals surface area contributed by atoms with Gasteiger partial charge in [-0.15, -0.1) is 0 Å². The molecular formula is C15H26N2O2. The third-order valence-electron chi connectivity index (χ3n) is 4.91. The lowest BCUT2D eigenvalue weighted by Crippen LogP contribution is -2.70. The lowest BCUT2D eigenvalue weighted by Gasteiger charge is -2.45. The van der Waals surface area contributed by atoms with Gasteiger partial charge in [0.05, 0.1) is 0 Å². The monoisotopic (exact) mass is 266 g/mol. The zero-order valence-corrected chi connectivity index (χ0v) is 12.5. The Kier molecular flexibility index (Phi) is 3.88. The largest absolute Gasteiger partial charge is 0.340 e. The van der Waals surface area contributed by atoms with Gasteiger partial charge in [0, 0.05) is 6.04 Å². The van der Waals surface area contributed by atoms with Crippen LogP contribution in [0.1, 0.15) is 59.8 Å². The first-order valence-electron chi connectivity index (χ1n) is 7.65. The predicted molar refractivity (Wildman–Crippen MR) is 74.6 cm³/mol. The number of hydrogen-bond donors (Lipinski definition) is 1. The SMILES string of the molecule is CCCC1CC1N1C(=O)C(CC)(CC)NC(=O)C1C. The van der Waals surface area contributed by atoms with Crippen LogP contribution < -0.4 is 5.32 Å². The van der Waals surface area contributed by atoms with Crippen molar-refractivity contribution in [2.24, 2.45) is 5.92 Å². The van der Waals surface area contributed by atoms with Gasteiger partial charge in [-0.1, -0.05) is 27.2 Å². The highest BCUT2D eigenvalue weighted by Crippen LogP contribution is 2.42. The molecule has 4 nitrogen and oxygen atoms in total. The van der Waals surface area contributed by atoms with Crippen LogP contribution in [-0.2, 0) is 9.59 Å². The number of rotatable bonds is 5. The number of nitrogens with one attached hydrogen (secondary N) is 1. The van der Waals surface area contributed by atoms with Gasteiger partial charge in [0.1, 0.15) is 11.6 Å². The fourth-order valence-corrected chi connectivity index (χ4v) is 3.36. The van der Waals surface area contributed by atoms with Crippen LogP contribution in [0, 0.1) is 5.92 Å². The molecule has 0 radical (unpaired) electrons. The van der Waals surface area contributed by atoms with Crippen LogP contribution >= 0.6 is 0 Å². The Morgan fingerprint density at radius 1 is 1.26 bits per heavy atom. The normalized spacial score (nSPS) is 33.3. The molecule has 2 fully saturated rings. The molecule has 1 saturated heterocycles. The van der Waals surface area contributed by atoms with E-state index in [0.717, 1.165) is 19.3 Å². The van der Waals surface area contributed by atoms with Crippen molar-refractivity contribution >= 4 is 11.8 Å². The topological polar surface area (TPSA) is 49.4 Å². The molecule has 1 heterocycles. The molecule has 1 aliphatic carbocycles. The highest BCUT2D eigenvalue weighted by Gasteiger charge is 2.54. The fourth-order valence-electron chi connectivity index (χ4n) is 3.36. The summed E-state index contributed by atoms with van der Waals surface area (Å²) in [5.41, 5.74) is -0.664. The molecule has 4 heteroatoms. The molecule has 108 valence electrons. The maximum atomic E-state index is 12.8. The fraction of sp³-hybridized carbons (Fsp3) is 0.867. The van der Waals surface area contributed by atoms with E-state index in [1.807, 2.05) is 25.7 Å². The summed E-state index contributed by atoms with van der Waals surface area (Å²) in [6, 6.07) is -0.0171. The average Bonchev–Trinajstić information content (AvgIpc) is 3.14. The van der Waals surface area contributed by atoms with Crippen molar-refractivity contribution in [2.45, 2.75) is 77.4 Å². The summed E-state index contributed by atoms with van der Waals surface area (Å²) in [5.74, 6) is 0.743. The Hall–Kier alpha value is -1.06. The van der Waals surface area contributed by atoms with Crippen molar-refractivity contribution < 1.29 is 9.59 Å². The summed E-state index contributed by atoms with van der Waals surface area (Å²) in [7, 11) is 0. The summed E-state index contributed by atoms with van der Waals surface area (Å²) < 4.78 is 0. The number of carbonyl (C=O) groups is 2. The molecule has 2 aliphatic rings. The molecule has 0 aromatic heterocycles. The number of hydrogen-bond acceptors (Lipinski definition) is 2. The minimum Gasteiger partial charge on any atom is -0.340 e. The zero-order valence-electron chi connectivity index (χ0n) is 12.5. The van der Waals surface area contributed by atoms with Crippen molar-refractivity contribution in [3.05, 3.63) is 0 Å². The number of amides is 2. The van der Waals surface area contributed by atoms with Gasteiger partial charge in [-0.3, -0.25) is 9.59 Å². The number of piperazine rings is 1. The molecule has 2 amide bonds. The predicted octanol–water partition coefficient (Wildman–Crippen LogP) is 2.08. The van der Waals surface area contributed by atoms with Crippen LogP contribution in [0.5, 0.6) is 0 Å². The molecule has 2 rings (SSSR count). The van der Waals surface area contributed by atoms with Gasteiger partial charge in [-0.05, 0) is 38.5 Å². The maximum Gasteiger partial charge on any atom is 0.249 e. The van der Waals surface area contributed by atoms with E-state index in [0.29, 0.717) is 24.8 Å². The molecule has 1 saturated carbocycles. The Balaban J connectivity index is 2.21. The molecule has 3 atom stereocenters. The van der Waals surface area contributed by atoms with Gasteiger partial charge in [0.15, 0.2) is 0 Å². The minimum atomic E-state index is -0.664. The zero-order chi connectivity index (χ0) is 14.2. The quantitative estimate of drug-likeness (QED) is 0.828. The maximum absolute atomic E-state index is 12.8. The molecule has 0 aromatic carbocycles. The van der Waals surface area contributed by atoms with Crippen LogP contribution in [0.15, 0.2) is 0 Å². The van der Waals surface area contributed by atoms with Crippen LogP contribution in [0.4, 0.5) is 0 Å². The summed E-state index contributed by atoms with van der Waals surface area (Å²) in [5, 5.41) is 2.96. The third-order valence-corrected chi connectivity index (χ3v) is 4.91. The highest BCUT2D eigenvalue weighted by atomic mass is 16.2. The molecular weight excluding hydrogens is 240 g/mol. The lowest BCUT2D eigenvalue weighted by molar-refractivity contribution is -0.155. The molecule has 0 spiro atoms. The first-order valence-corrected chi connectivity index (χ1v) is 7.65. The summed E-state index contributed by atoms with van der Waals surface area (Å²) in [4.78, 5) is 26.9. The van der Waals surface area contributed by atoms with Gasteiger partial charge in [-0.25, -0.2) is 0 Å². The van der Waals surface area contributed by atoms with E-state index in [1.165, 1.54) is 0 Å². The Bertz CT molecular complexity index is 376. The van der Waals surface area contributed by atoms with Gasteiger partial charge in [0.2, 0.25) is 11.8 Å². The van der Waals surface area contributed by atoms with Crippen molar-refractivity contribution in [1.82, 2.24) is 10.2 Å². The second-order valence-electron chi connectivity index (χ2n) is 6.02. The first-order chi connectivity index (χ1) is 9.00. The van der Waals surface area contributed by atoms with Crippen molar-refractivity contribution in [1.29, 1.82) is 0 Å². The molecule has 0 bridgehead atoms. The van der Waals surface area contributed by atoms with Crippen LogP contribution in [0.25, 0.3) is 0 Å². The Morgan fingerprint density at radius 3 is 2.42 bits per heavy atom. The van der Waals surface area contributed by atoms with Gasteiger partial charge in [-0.2, -0.15) is 0 Å². The van der Waals surface area contributed by atoms with Gasteiger partial charge >= 0.3 is 0 Å². The smallest absolute Gasteiger partial charge is 0.249 e. The van der Waals surface area contributed by atoms with E-state index in [-0.39, 0.29) is 17.9 Å². The van der Waals surface area contributed by atoms with E-state index in [1.54, 1.807) is 0 Å². The average molecular weight is 266 g/mol. The van der Waals surface area contributed by atoms with Crippen molar-refractivity contribution in [2.75, 3.05) is 0 Å². The standard InChI is InChI=1S/C15H26N2O2/c1-5-8-11-9-12(11)17-10(4)13(18)16-15(6-2,7-3)14(17)19/h10-12H,5-9H2,1-4H3,(H,16,18). The van der Waals surface area contributed by atoms with E-state index < -0.39 is 5.54 Å². The first kappa shape index (κ1) is 14.4. The Labute approximate surface area is 115 Å². The molecule has 1 N–H and O–H groups in total. The summed E-state index contributed by atoms with van der Waals surface area (Å²) >= 11 is 0. The second kappa shape index (κ2) is 5.14. The van der Waals surface area contributed by atoms with Gasteiger partial charge in [0.25, 0.3) is 0 Å². The Morgan fingerprint density at radius 2 is 1.89 bits per heavy atom. The summed E-state index contributed by atoms with van der Waals surface area (Å²) in [6.45, 7) is 7.98. The van der Waals surface area contributed by atoms with E-state index >= 15 is 0 Å². The number of nitrogens with zero attached hydrogens (tertiary/aromatic N) is 1. The molecule has 0 aromatic rings. The van der Waals surface area contributed by atoms with Crippen LogP contribution in [0.3, 0.4) is 0 Å². The molecule has 1 aliphatic heterocycles. The minimum absolute atomic E-state index is 0.00504. The van der Waals surface area contributed by atoms with E-state index in [9.17, 15) is 9.59 Å². The van der Waals surface area contributed by atoms with Crippen molar-refractivity contribution in [3.63, 3.8) is 0 Å². The highest BCUT2D eigenvalue weighted by molar-refractivity contribution is 6.00. The van der Waals surface area contributed by atoms with Crippen molar-refractivity contribution in [3.8, 4) is 0 Å². The summed E-state index contributed by atoms with van der Waals surface area (Å²) in [6.07, 6.45) is 4.72. The molecule has 3 unspecified atom stereocenters. The van der Waals surface area contributed by atoms with E-state index in [4.69, 9.17) is 0 Å².